The molecule has 6 nitrogen and oxygen atoms in total. The van der Waals surface area contributed by atoms with Gasteiger partial charge in [-0.2, -0.15) is 5.10 Å². The zero-order chi connectivity index (χ0) is 18.6. The fraction of sp³-hybridized carbons (Fsp3) is 0.316. The number of carbonyl (C=O) groups is 2. The minimum Gasteiger partial charge on any atom is -0.452 e. The van der Waals surface area contributed by atoms with Gasteiger partial charge in [0.2, 0.25) is 0 Å². The Kier molecular flexibility index (Phi) is 5.75. The second-order valence-electron chi connectivity index (χ2n) is 5.94. The van der Waals surface area contributed by atoms with E-state index >= 15 is 0 Å². The SMILES string of the molecule is Cc1cccc(NC(=O)COC(=O)/C=C/c2c(C)nn(C)c2C)c1C. The van der Waals surface area contributed by atoms with Gasteiger partial charge in [0, 0.05) is 30.1 Å². The quantitative estimate of drug-likeness (QED) is 0.670. The van der Waals surface area contributed by atoms with Crippen LogP contribution in [0.3, 0.4) is 0 Å². The molecule has 6 heteroatoms. The molecule has 2 rings (SSSR count). The number of aryl methyl sites for hydroxylation is 3. The second kappa shape index (κ2) is 7.79. The van der Waals surface area contributed by atoms with Gasteiger partial charge in [-0.1, -0.05) is 12.1 Å². The maximum absolute atomic E-state index is 11.9. The summed E-state index contributed by atoms with van der Waals surface area (Å²) in [6, 6.07) is 5.65. The average molecular weight is 341 g/mol. The third-order valence-corrected chi connectivity index (χ3v) is 4.18. The van der Waals surface area contributed by atoms with Gasteiger partial charge in [0.15, 0.2) is 6.61 Å². The number of nitrogens with one attached hydrogen (secondary N) is 1. The molecule has 0 spiro atoms. The number of esters is 1. The molecule has 1 aromatic carbocycles. The highest BCUT2D eigenvalue weighted by Crippen LogP contribution is 2.17. The van der Waals surface area contributed by atoms with Crippen molar-refractivity contribution in [2.75, 3.05) is 11.9 Å². The lowest BCUT2D eigenvalue weighted by molar-refractivity contribution is -0.142. The van der Waals surface area contributed by atoms with E-state index in [0.717, 1.165) is 33.8 Å². The van der Waals surface area contributed by atoms with Crippen LogP contribution in [0.2, 0.25) is 0 Å². The lowest BCUT2D eigenvalue weighted by Crippen LogP contribution is -2.20. The molecule has 2 aromatic rings. The molecule has 0 saturated heterocycles. The van der Waals surface area contributed by atoms with Crippen molar-refractivity contribution in [2.45, 2.75) is 27.7 Å². The molecule has 1 aromatic heterocycles. The fourth-order valence-electron chi connectivity index (χ4n) is 2.44. The van der Waals surface area contributed by atoms with Crippen LogP contribution >= 0.6 is 0 Å². The number of hydrogen-bond acceptors (Lipinski definition) is 4. The Balaban J connectivity index is 1.90. The van der Waals surface area contributed by atoms with Crippen LogP contribution in [-0.2, 0) is 21.4 Å². The van der Waals surface area contributed by atoms with Crippen molar-refractivity contribution < 1.29 is 14.3 Å². The van der Waals surface area contributed by atoms with Gasteiger partial charge < -0.3 is 10.1 Å². The highest BCUT2D eigenvalue weighted by Gasteiger charge is 2.10. The molecular formula is C19H23N3O3. The Hall–Kier alpha value is -2.89. The minimum absolute atomic E-state index is 0.332. The third-order valence-electron chi connectivity index (χ3n) is 4.18. The summed E-state index contributed by atoms with van der Waals surface area (Å²) in [7, 11) is 1.84. The molecule has 0 radical (unpaired) electrons. The summed E-state index contributed by atoms with van der Waals surface area (Å²) in [5.41, 5.74) is 5.45. The van der Waals surface area contributed by atoms with Crippen LogP contribution in [-0.4, -0.2) is 28.3 Å². The number of ether oxygens (including phenoxy) is 1. The number of nitrogens with zero attached hydrogens (tertiary/aromatic N) is 2. The first-order valence-electron chi connectivity index (χ1n) is 8.00. The number of rotatable bonds is 5. The molecule has 0 fully saturated rings. The van der Waals surface area contributed by atoms with E-state index in [2.05, 4.69) is 10.4 Å². The van der Waals surface area contributed by atoms with Gasteiger partial charge in [-0.3, -0.25) is 9.48 Å². The summed E-state index contributed by atoms with van der Waals surface area (Å²) in [4.78, 5) is 23.7. The molecule has 0 bridgehead atoms. The monoisotopic (exact) mass is 341 g/mol. The maximum atomic E-state index is 11.9. The van der Waals surface area contributed by atoms with Gasteiger partial charge >= 0.3 is 5.97 Å². The number of hydrogen-bond donors (Lipinski definition) is 1. The average Bonchev–Trinajstić information content (AvgIpc) is 2.80. The molecule has 0 aliphatic rings. The highest BCUT2D eigenvalue weighted by atomic mass is 16.5. The summed E-state index contributed by atoms with van der Waals surface area (Å²) >= 11 is 0. The summed E-state index contributed by atoms with van der Waals surface area (Å²) < 4.78 is 6.74. The lowest BCUT2D eigenvalue weighted by Gasteiger charge is -2.10. The molecule has 1 amide bonds. The van der Waals surface area contributed by atoms with Crippen molar-refractivity contribution in [3.8, 4) is 0 Å². The first kappa shape index (κ1) is 18.4. The number of anilines is 1. The van der Waals surface area contributed by atoms with Gasteiger partial charge in [-0.25, -0.2) is 4.79 Å². The van der Waals surface area contributed by atoms with E-state index in [1.54, 1.807) is 10.8 Å². The topological polar surface area (TPSA) is 73.2 Å². The first-order valence-corrected chi connectivity index (χ1v) is 8.00. The number of benzene rings is 1. The Morgan fingerprint density at radius 3 is 2.60 bits per heavy atom. The van der Waals surface area contributed by atoms with Crippen molar-refractivity contribution in [1.82, 2.24) is 9.78 Å². The van der Waals surface area contributed by atoms with E-state index < -0.39 is 5.97 Å². The van der Waals surface area contributed by atoms with E-state index in [4.69, 9.17) is 4.74 Å². The van der Waals surface area contributed by atoms with E-state index in [9.17, 15) is 9.59 Å². The zero-order valence-electron chi connectivity index (χ0n) is 15.2. The Labute approximate surface area is 147 Å². The molecule has 1 heterocycles. The van der Waals surface area contributed by atoms with Gasteiger partial charge in [0.05, 0.1) is 5.69 Å². The zero-order valence-corrected chi connectivity index (χ0v) is 15.2. The van der Waals surface area contributed by atoms with E-state index in [0.29, 0.717) is 0 Å². The molecule has 0 saturated carbocycles. The van der Waals surface area contributed by atoms with Crippen LogP contribution in [0, 0.1) is 27.7 Å². The van der Waals surface area contributed by atoms with Gasteiger partial charge in [-0.05, 0) is 51.0 Å². The van der Waals surface area contributed by atoms with Crippen LogP contribution in [0.15, 0.2) is 24.3 Å². The van der Waals surface area contributed by atoms with E-state index in [-0.39, 0.29) is 12.5 Å². The normalized spacial score (nSPS) is 10.9. The van der Waals surface area contributed by atoms with Crippen LogP contribution in [0.25, 0.3) is 6.08 Å². The minimum atomic E-state index is -0.571. The van der Waals surface area contributed by atoms with Crippen molar-refractivity contribution in [3.63, 3.8) is 0 Å². The molecule has 0 aliphatic carbocycles. The molecule has 0 atom stereocenters. The smallest absolute Gasteiger partial charge is 0.331 e. The third kappa shape index (κ3) is 4.56. The summed E-state index contributed by atoms with van der Waals surface area (Å²) in [5, 5.41) is 7.02. The van der Waals surface area contributed by atoms with E-state index in [1.807, 2.05) is 52.9 Å². The molecule has 132 valence electrons. The number of carbonyl (C=O) groups excluding carboxylic acids is 2. The Morgan fingerprint density at radius 2 is 1.96 bits per heavy atom. The van der Waals surface area contributed by atoms with Crippen LogP contribution in [0.5, 0.6) is 0 Å². The molecule has 0 aliphatic heterocycles. The predicted molar refractivity (Wildman–Crippen MR) is 97.2 cm³/mol. The lowest BCUT2D eigenvalue weighted by atomic mass is 10.1. The molecular weight excluding hydrogens is 318 g/mol. The summed E-state index contributed by atoms with van der Waals surface area (Å²) in [5.74, 6) is -0.942. The van der Waals surface area contributed by atoms with Crippen LogP contribution in [0.4, 0.5) is 5.69 Å². The number of amides is 1. The van der Waals surface area contributed by atoms with E-state index in [1.165, 1.54) is 6.08 Å². The van der Waals surface area contributed by atoms with Crippen molar-refractivity contribution in [2.24, 2.45) is 7.05 Å². The van der Waals surface area contributed by atoms with Gasteiger partial charge in [0.25, 0.3) is 5.91 Å². The van der Waals surface area contributed by atoms with Crippen LogP contribution < -0.4 is 5.32 Å². The van der Waals surface area contributed by atoms with Gasteiger partial charge in [0.1, 0.15) is 0 Å². The molecule has 25 heavy (non-hydrogen) atoms. The number of aromatic nitrogens is 2. The summed E-state index contributed by atoms with van der Waals surface area (Å²) in [6.07, 6.45) is 2.96. The first-order chi connectivity index (χ1) is 11.8. The second-order valence-corrected chi connectivity index (χ2v) is 5.94. The molecule has 1 N–H and O–H groups in total. The largest absolute Gasteiger partial charge is 0.452 e. The van der Waals surface area contributed by atoms with Crippen LogP contribution in [0.1, 0.15) is 28.1 Å². The summed E-state index contributed by atoms with van der Waals surface area (Å²) in [6.45, 7) is 7.36. The highest BCUT2D eigenvalue weighted by molar-refractivity contribution is 5.95. The van der Waals surface area contributed by atoms with Crippen molar-refractivity contribution in [3.05, 3.63) is 52.4 Å². The van der Waals surface area contributed by atoms with Crippen molar-refractivity contribution in [1.29, 1.82) is 0 Å². The van der Waals surface area contributed by atoms with Crippen molar-refractivity contribution >= 4 is 23.6 Å². The molecule has 0 unspecified atom stereocenters. The Morgan fingerprint density at radius 1 is 1.24 bits per heavy atom. The Bertz CT molecular complexity index is 835. The predicted octanol–water partition coefficient (Wildman–Crippen LogP) is 2.85. The van der Waals surface area contributed by atoms with Gasteiger partial charge in [-0.15, -0.1) is 0 Å². The fourth-order valence-corrected chi connectivity index (χ4v) is 2.44. The maximum Gasteiger partial charge on any atom is 0.331 e. The standard InChI is InChI=1S/C19H23N3O3/c1-12-7-6-8-17(13(12)2)20-18(23)11-25-19(24)10-9-16-14(3)21-22(5)15(16)4/h6-10H,11H2,1-5H3,(H,20,23)/b10-9+.